The fourth-order valence-electron chi connectivity index (χ4n) is 2.94. The van der Waals surface area contributed by atoms with Crippen LogP contribution in [0.15, 0.2) is 83.6 Å². The highest BCUT2D eigenvalue weighted by molar-refractivity contribution is 7.13. The van der Waals surface area contributed by atoms with Crippen molar-refractivity contribution in [3.8, 4) is 10.6 Å². The first-order valence-electron chi connectivity index (χ1n) is 9.37. The monoisotopic (exact) mass is 433 g/mol. The Bertz CT molecular complexity index is 1110. The van der Waals surface area contributed by atoms with Gasteiger partial charge in [0.1, 0.15) is 11.0 Å². The van der Waals surface area contributed by atoms with E-state index in [9.17, 15) is 9.59 Å². The van der Waals surface area contributed by atoms with Crippen LogP contribution in [0.3, 0.4) is 0 Å². The van der Waals surface area contributed by atoms with Crippen molar-refractivity contribution in [1.29, 1.82) is 0 Å². The number of carbonyl (C=O) groups excluding carboxylic acids is 2. The van der Waals surface area contributed by atoms with Crippen LogP contribution in [0.25, 0.3) is 10.6 Å². The molecule has 0 saturated heterocycles. The van der Waals surface area contributed by atoms with Gasteiger partial charge in [0.15, 0.2) is 0 Å². The van der Waals surface area contributed by atoms with E-state index in [-0.39, 0.29) is 11.8 Å². The molecule has 5 nitrogen and oxygen atoms in total. The summed E-state index contributed by atoms with van der Waals surface area (Å²) in [5.74, 6) is -0.547. The lowest BCUT2D eigenvalue weighted by Crippen LogP contribution is -2.40. The third-order valence-corrected chi connectivity index (χ3v) is 6.24. The van der Waals surface area contributed by atoms with Gasteiger partial charge >= 0.3 is 0 Å². The van der Waals surface area contributed by atoms with Crippen molar-refractivity contribution < 1.29 is 9.59 Å². The van der Waals surface area contributed by atoms with Crippen molar-refractivity contribution in [2.75, 3.05) is 0 Å². The SMILES string of the molecule is O=C(NC(C(=O)NCc1csc(-c2ccccc2)n1)c1ccccc1)c1cccs1. The molecule has 0 spiro atoms. The molecule has 1 unspecified atom stereocenters. The fraction of sp³-hybridized carbons (Fsp3) is 0.0870. The molecular formula is C23H19N3O2S2. The molecule has 2 N–H and O–H groups in total. The maximum Gasteiger partial charge on any atom is 0.262 e. The summed E-state index contributed by atoms with van der Waals surface area (Å²) in [6.45, 7) is 0.292. The zero-order valence-corrected chi connectivity index (χ0v) is 17.6. The minimum absolute atomic E-state index is 0.269. The van der Waals surface area contributed by atoms with Crippen molar-refractivity contribution in [2.45, 2.75) is 12.6 Å². The first-order chi connectivity index (χ1) is 14.7. The molecule has 0 aliphatic rings. The summed E-state index contributed by atoms with van der Waals surface area (Å²) in [6.07, 6.45) is 0. The molecule has 2 aromatic carbocycles. The average Bonchev–Trinajstić information content (AvgIpc) is 3.49. The zero-order chi connectivity index (χ0) is 20.8. The number of rotatable bonds is 7. The van der Waals surface area contributed by atoms with Crippen LogP contribution in [0.2, 0.25) is 0 Å². The zero-order valence-electron chi connectivity index (χ0n) is 15.9. The Morgan fingerprint density at radius 2 is 1.63 bits per heavy atom. The smallest absolute Gasteiger partial charge is 0.262 e. The Balaban J connectivity index is 1.45. The molecule has 2 heterocycles. The van der Waals surface area contributed by atoms with E-state index in [1.807, 2.05) is 77.5 Å². The van der Waals surface area contributed by atoms with Gasteiger partial charge in [0.2, 0.25) is 5.91 Å². The molecule has 0 bridgehead atoms. The van der Waals surface area contributed by atoms with E-state index in [1.54, 1.807) is 6.07 Å². The first kappa shape index (κ1) is 20.0. The lowest BCUT2D eigenvalue weighted by Gasteiger charge is -2.18. The molecule has 7 heteroatoms. The lowest BCUT2D eigenvalue weighted by atomic mass is 10.1. The number of thiazole rings is 1. The number of thiophene rings is 1. The maximum atomic E-state index is 13.0. The number of nitrogens with zero attached hydrogens (tertiary/aromatic N) is 1. The molecule has 2 aromatic heterocycles. The average molecular weight is 434 g/mol. The van der Waals surface area contributed by atoms with E-state index in [1.165, 1.54) is 22.7 Å². The molecule has 4 aromatic rings. The molecule has 0 aliphatic carbocycles. The van der Waals surface area contributed by atoms with Gasteiger partial charge in [-0.1, -0.05) is 66.7 Å². The van der Waals surface area contributed by atoms with Crippen LogP contribution in [0, 0.1) is 0 Å². The van der Waals surface area contributed by atoms with Gasteiger partial charge in [0.25, 0.3) is 5.91 Å². The molecule has 4 rings (SSSR count). The third kappa shape index (κ3) is 4.82. The number of aromatic nitrogens is 1. The van der Waals surface area contributed by atoms with Gasteiger partial charge in [-0.05, 0) is 17.0 Å². The quantitative estimate of drug-likeness (QED) is 0.445. The highest BCUT2D eigenvalue weighted by Crippen LogP contribution is 2.23. The molecule has 0 fully saturated rings. The van der Waals surface area contributed by atoms with Crippen LogP contribution < -0.4 is 10.6 Å². The van der Waals surface area contributed by atoms with Gasteiger partial charge in [-0.15, -0.1) is 22.7 Å². The minimum atomic E-state index is -0.784. The topological polar surface area (TPSA) is 71.1 Å². The van der Waals surface area contributed by atoms with E-state index < -0.39 is 6.04 Å². The standard InChI is InChI=1S/C23H19N3O2S2/c27-21(19-12-7-13-29-19)26-20(16-8-3-1-4-9-16)22(28)24-14-18-15-30-23(25-18)17-10-5-2-6-11-17/h1-13,15,20H,14H2,(H,24,28)(H,26,27). The van der Waals surface area contributed by atoms with Gasteiger partial charge in [-0.3, -0.25) is 9.59 Å². The largest absolute Gasteiger partial charge is 0.348 e. The van der Waals surface area contributed by atoms with Crippen LogP contribution in [0.5, 0.6) is 0 Å². The predicted molar refractivity (Wildman–Crippen MR) is 120 cm³/mol. The van der Waals surface area contributed by atoms with Crippen LogP contribution in [0.4, 0.5) is 0 Å². The molecule has 1 atom stereocenters. The summed E-state index contributed by atoms with van der Waals surface area (Å²) < 4.78 is 0. The number of nitrogens with one attached hydrogen (secondary N) is 2. The first-order valence-corrected chi connectivity index (χ1v) is 11.1. The summed E-state index contributed by atoms with van der Waals surface area (Å²) in [6, 6.07) is 21.9. The number of carbonyl (C=O) groups is 2. The third-order valence-electron chi connectivity index (χ3n) is 4.43. The van der Waals surface area contributed by atoms with Gasteiger partial charge < -0.3 is 10.6 Å². The normalized spacial score (nSPS) is 11.6. The number of hydrogen-bond donors (Lipinski definition) is 2. The molecule has 2 amide bonds. The van der Waals surface area contributed by atoms with Gasteiger partial charge in [-0.2, -0.15) is 0 Å². The molecule has 0 saturated carbocycles. The summed E-state index contributed by atoms with van der Waals surface area (Å²) in [4.78, 5) is 30.7. The fourth-order valence-corrected chi connectivity index (χ4v) is 4.39. The van der Waals surface area contributed by atoms with Crippen LogP contribution in [-0.4, -0.2) is 16.8 Å². The number of amides is 2. The van der Waals surface area contributed by atoms with Crippen LogP contribution in [0.1, 0.15) is 27.0 Å². The van der Waals surface area contributed by atoms with Crippen LogP contribution >= 0.6 is 22.7 Å². The van der Waals surface area contributed by atoms with Crippen molar-refractivity contribution in [3.05, 3.63) is 99.7 Å². The highest BCUT2D eigenvalue weighted by atomic mass is 32.1. The second-order valence-electron chi connectivity index (χ2n) is 6.52. The molecule has 0 aliphatic heterocycles. The minimum Gasteiger partial charge on any atom is -0.348 e. The molecule has 30 heavy (non-hydrogen) atoms. The van der Waals surface area contributed by atoms with E-state index in [0.717, 1.165) is 21.8 Å². The van der Waals surface area contributed by atoms with Gasteiger partial charge in [-0.25, -0.2) is 4.98 Å². The van der Waals surface area contributed by atoms with Crippen molar-refractivity contribution >= 4 is 34.5 Å². The van der Waals surface area contributed by atoms with Crippen molar-refractivity contribution in [1.82, 2.24) is 15.6 Å². The summed E-state index contributed by atoms with van der Waals surface area (Å²) in [5.41, 5.74) is 2.55. The van der Waals surface area contributed by atoms with E-state index in [2.05, 4.69) is 15.6 Å². The Labute approximate surface area is 182 Å². The van der Waals surface area contributed by atoms with E-state index in [4.69, 9.17) is 0 Å². The summed E-state index contributed by atoms with van der Waals surface area (Å²) in [7, 11) is 0. The van der Waals surface area contributed by atoms with Gasteiger partial charge in [0.05, 0.1) is 17.1 Å². The molecular weight excluding hydrogens is 414 g/mol. The Kier molecular flexibility index (Phi) is 6.32. The number of benzene rings is 2. The second-order valence-corrected chi connectivity index (χ2v) is 8.33. The lowest BCUT2D eigenvalue weighted by molar-refractivity contribution is -0.123. The highest BCUT2D eigenvalue weighted by Gasteiger charge is 2.23. The van der Waals surface area contributed by atoms with Gasteiger partial charge in [0, 0.05) is 10.9 Å². The summed E-state index contributed by atoms with van der Waals surface area (Å²) >= 11 is 2.88. The second kappa shape index (κ2) is 9.47. The summed E-state index contributed by atoms with van der Waals surface area (Å²) in [5, 5.41) is 10.4. The maximum absolute atomic E-state index is 13.0. The molecule has 150 valence electrons. The number of hydrogen-bond acceptors (Lipinski definition) is 5. The van der Waals surface area contributed by atoms with Crippen molar-refractivity contribution in [3.63, 3.8) is 0 Å². The van der Waals surface area contributed by atoms with Crippen molar-refractivity contribution in [2.24, 2.45) is 0 Å². The van der Waals surface area contributed by atoms with E-state index >= 15 is 0 Å². The molecule has 0 radical (unpaired) electrons. The van der Waals surface area contributed by atoms with E-state index in [0.29, 0.717) is 11.4 Å². The Hall–Kier alpha value is -3.29. The predicted octanol–water partition coefficient (Wildman–Crippen LogP) is 4.66. The Morgan fingerprint density at radius 1 is 0.900 bits per heavy atom. The Morgan fingerprint density at radius 3 is 2.33 bits per heavy atom. The van der Waals surface area contributed by atoms with Crippen LogP contribution in [-0.2, 0) is 11.3 Å².